The Kier molecular flexibility index (Phi) is 7.58. The molecule has 0 amide bonds. The number of aromatic nitrogens is 5. The van der Waals surface area contributed by atoms with Crippen molar-refractivity contribution in [2.45, 2.75) is 89.1 Å². The molecule has 2 aromatic heterocycles. The van der Waals surface area contributed by atoms with Gasteiger partial charge in [-0.1, -0.05) is 59.7 Å². The number of rotatable bonds is 7. The number of anilines is 1. The minimum atomic E-state index is -0.0587. The van der Waals surface area contributed by atoms with Crippen LogP contribution in [0.15, 0.2) is 11.2 Å². The van der Waals surface area contributed by atoms with Crippen molar-refractivity contribution in [3.63, 3.8) is 0 Å². The van der Waals surface area contributed by atoms with Gasteiger partial charge >= 0.3 is 0 Å². The largest absolute Gasteiger partial charge is 0.354 e. The van der Waals surface area contributed by atoms with Crippen LogP contribution in [0.2, 0.25) is 0 Å². The van der Waals surface area contributed by atoms with Crippen LogP contribution in [0.4, 0.5) is 5.82 Å². The van der Waals surface area contributed by atoms with Gasteiger partial charge in [-0.3, -0.25) is 4.90 Å². The Morgan fingerprint density at radius 3 is 2.24 bits per heavy atom. The number of nitrogens with zero attached hydrogens (tertiary/aromatic N) is 7. The second-order valence-electron chi connectivity index (χ2n) is 12.0. The molecule has 1 saturated carbocycles. The van der Waals surface area contributed by atoms with Crippen molar-refractivity contribution in [1.29, 1.82) is 0 Å². The first-order valence-electron chi connectivity index (χ1n) is 12.9. The molecule has 7 nitrogen and oxygen atoms in total. The quantitative estimate of drug-likeness (QED) is 0.413. The van der Waals surface area contributed by atoms with Crippen LogP contribution in [0.25, 0.3) is 0 Å². The van der Waals surface area contributed by atoms with Gasteiger partial charge in [-0.2, -0.15) is 0 Å². The van der Waals surface area contributed by atoms with E-state index in [0.29, 0.717) is 5.92 Å². The predicted molar refractivity (Wildman–Crippen MR) is 141 cm³/mol. The van der Waals surface area contributed by atoms with Crippen LogP contribution in [0.3, 0.4) is 0 Å². The minimum Gasteiger partial charge on any atom is -0.354 e. The van der Waals surface area contributed by atoms with E-state index in [0.717, 1.165) is 61.0 Å². The lowest BCUT2D eigenvalue weighted by molar-refractivity contribution is 0.258. The molecule has 0 unspecified atom stereocenters. The highest BCUT2D eigenvalue weighted by atomic mass is 32.2. The van der Waals surface area contributed by atoms with Crippen LogP contribution in [-0.4, -0.2) is 68.1 Å². The first kappa shape index (κ1) is 25.4. The minimum absolute atomic E-state index is 0.0124. The molecule has 8 heteroatoms. The third kappa shape index (κ3) is 5.93. The molecule has 2 fully saturated rings. The molecule has 0 N–H and O–H groups in total. The predicted octanol–water partition coefficient (Wildman–Crippen LogP) is 4.77. The lowest BCUT2D eigenvalue weighted by atomic mass is 9.85. The van der Waals surface area contributed by atoms with Crippen LogP contribution in [0, 0.1) is 0 Å². The second-order valence-corrected chi connectivity index (χ2v) is 13.1. The van der Waals surface area contributed by atoms with Crippen LogP contribution < -0.4 is 4.90 Å². The first-order chi connectivity index (χ1) is 16.0. The molecule has 2 aliphatic rings. The Balaban J connectivity index is 1.27. The van der Waals surface area contributed by atoms with Crippen molar-refractivity contribution in [2.75, 3.05) is 43.4 Å². The monoisotopic (exact) mass is 485 g/mol. The molecule has 1 aliphatic heterocycles. The molecule has 4 rings (SSSR count). The number of piperazine rings is 1. The highest BCUT2D eigenvalue weighted by molar-refractivity contribution is 7.99. The van der Waals surface area contributed by atoms with Gasteiger partial charge in [-0.25, -0.2) is 9.97 Å². The molecule has 0 radical (unpaired) electrons. The summed E-state index contributed by atoms with van der Waals surface area (Å²) in [5.41, 5.74) is 1.08. The summed E-state index contributed by atoms with van der Waals surface area (Å²) in [6.45, 7) is 18.6. The van der Waals surface area contributed by atoms with Crippen molar-refractivity contribution in [1.82, 2.24) is 29.6 Å². The van der Waals surface area contributed by atoms with E-state index in [2.05, 4.69) is 79.2 Å². The Morgan fingerprint density at radius 2 is 1.65 bits per heavy atom. The van der Waals surface area contributed by atoms with E-state index < -0.39 is 0 Å². The van der Waals surface area contributed by atoms with E-state index in [4.69, 9.17) is 9.97 Å². The highest BCUT2D eigenvalue weighted by Gasteiger charge is 2.27. The number of hydrogen-bond acceptors (Lipinski definition) is 7. The Hall–Kier alpha value is -1.67. The van der Waals surface area contributed by atoms with Crippen LogP contribution in [0.5, 0.6) is 0 Å². The molecule has 1 aliphatic carbocycles. The Morgan fingerprint density at radius 1 is 0.941 bits per heavy atom. The van der Waals surface area contributed by atoms with Crippen molar-refractivity contribution < 1.29 is 0 Å². The zero-order chi connectivity index (χ0) is 24.5. The van der Waals surface area contributed by atoms with Gasteiger partial charge in [0.1, 0.15) is 17.5 Å². The number of thioether (sulfide) groups is 1. The molecule has 34 heavy (non-hydrogen) atoms. The molecule has 2 aromatic rings. The zero-order valence-electron chi connectivity index (χ0n) is 22.3. The molecular weight excluding hydrogens is 442 g/mol. The smallest absolute Gasteiger partial charge is 0.190 e. The Labute approximate surface area is 210 Å². The molecule has 0 spiro atoms. The standard InChI is InChI=1S/C26H43N7S/c1-25(2,3)20-18-21(28-23(27-20)26(4,5)6)33-15-13-32(14-16-33)12-9-17-34-24-30-29-22(31(24)7)19-10-8-11-19/h18-19H,8-17H2,1-7H3. The Bertz CT molecular complexity index is 928. The molecule has 0 aromatic carbocycles. The fourth-order valence-corrected chi connectivity index (χ4v) is 5.28. The average Bonchev–Trinajstić information content (AvgIpc) is 3.09. The van der Waals surface area contributed by atoms with Crippen molar-refractivity contribution in [3.8, 4) is 0 Å². The zero-order valence-corrected chi connectivity index (χ0v) is 23.1. The summed E-state index contributed by atoms with van der Waals surface area (Å²) in [5, 5.41) is 9.96. The lowest BCUT2D eigenvalue weighted by Gasteiger charge is -2.36. The van der Waals surface area contributed by atoms with Crippen LogP contribution in [-0.2, 0) is 17.9 Å². The summed E-state index contributed by atoms with van der Waals surface area (Å²) in [5.74, 6) is 4.94. The van der Waals surface area contributed by atoms with E-state index in [1.807, 2.05) is 11.8 Å². The van der Waals surface area contributed by atoms with Crippen LogP contribution >= 0.6 is 11.8 Å². The summed E-state index contributed by atoms with van der Waals surface area (Å²) in [6, 6.07) is 2.21. The second kappa shape index (κ2) is 10.1. The lowest BCUT2D eigenvalue weighted by Crippen LogP contribution is -2.47. The van der Waals surface area contributed by atoms with Gasteiger partial charge in [0.15, 0.2) is 5.16 Å². The normalized spacial score (nSPS) is 18.4. The maximum Gasteiger partial charge on any atom is 0.190 e. The first-order valence-corrected chi connectivity index (χ1v) is 13.9. The van der Waals surface area contributed by atoms with Gasteiger partial charge in [-0.15, -0.1) is 10.2 Å². The summed E-state index contributed by atoms with van der Waals surface area (Å²) in [7, 11) is 2.12. The van der Waals surface area contributed by atoms with E-state index in [1.165, 1.54) is 31.5 Å². The summed E-state index contributed by atoms with van der Waals surface area (Å²) >= 11 is 1.85. The molecular formula is C26H43N7S. The topological polar surface area (TPSA) is 63.0 Å². The van der Waals surface area contributed by atoms with Crippen molar-refractivity contribution in [2.24, 2.45) is 7.05 Å². The van der Waals surface area contributed by atoms with E-state index >= 15 is 0 Å². The maximum atomic E-state index is 4.99. The third-order valence-corrected chi connectivity index (χ3v) is 8.14. The van der Waals surface area contributed by atoms with E-state index in [-0.39, 0.29) is 10.8 Å². The molecule has 0 bridgehead atoms. The van der Waals surface area contributed by atoms with Gasteiger partial charge in [0.05, 0.1) is 5.69 Å². The molecule has 0 atom stereocenters. The van der Waals surface area contributed by atoms with Gasteiger partial charge in [0.2, 0.25) is 0 Å². The van der Waals surface area contributed by atoms with Gasteiger partial charge in [-0.05, 0) is 25.8 Å². The fourth-order valence-electron chi connectivity index (χ4n) is 4.44. The van der Waals surface area contributed by atoms with Crippen LogP contribution in [0.1, 0.15) is 90.5 Å². The van der Waals surface area contributed by atoms with E-state index in [9.17, 15) is 0 Å². The SMILES string of the molecule is Cn1c(SCCCN2CCN(c3cc(C(C)(C)C)nc(C(C)(C)C)n3)CC2)nnc1C1CCC1. The summed E-state index contributed by atoms with van der Waals surface area (Å²) in [6.07, 6.45) is 5.05. The maximum absolute atomic E-state index is 4.99. The molecule has 188 valence electrons. The average molecular weight is 486 g/mol. The highest BCUT2D eigenvalue weighted by Crippen LogP contribution is 2.36. The molecule has 3 heterocycles. The fraction of sp³-hybridized carbons (Fsp3) is 0.769. The summed E-state index contributed by atoms with van der Waals surface area (Å²) in [4.78, 5) is 14.9. The van der Waals surface area contributed by atoms with Crippen molar-refractivity contribution >= 4 is 17.6 Å². The van der Waals surface area contributed by atoms with Crippen molar-refractivity contribution in [3.05, 3.63) is 23.4 Å². The van der Waals surface area contributed by atoms with E-state index in [1.54, 1.807) is 0 Å². The third-order valence-electron chi connectivity index (χ3n) is 7.04. The van der Waals surface area contributed by atoms with Gasteiger partial charge in [0, 0.05) is 61.8 Å². The van der Waals surface area contributed by atoms with Gasteiger partial charge in [0.25, 0.3) is 0 Å². The van der Waals surface area contributed by atoms with Gasteiger partial charge < -0.3 is 9.47 Å². The number of hydrogen-bond donors (Lipinski definition) is 0. The molecule has 1 saturated heterocycles. The summed E-state index contributed by atoms with van der Waals surface area (Å²) < 4.78 is 2.21.